The zero-order chi connectivity index (χ0) is 17.4. The van der Waals surface area contributed by atoms with Crippen molar-refractivity contribution >= 4 is 11.8 Å². The van der Waals surface area contributed by atoms with Crippen molar-refractivity contribution in [2.45, 2.75) is 39.2 Å². The van der Waals surface area contributed by atoms with Gasteiger partial charge in [0.25, 0.3) is 5.91 Å². The van der Waals surface area contributed by atoms with E-state index in [0.717, 1.165) is 6.42 Å². The Labute approximate surface area is 143 Å². The molecule has 2 rings (SSSR count). The Morgan fingerprint density at radius 3 is 2.71 bits per heavy atom. The number of hydrogen-bond acceptors (Lipinski definition) is 4. The third kappa shape index (κ3) is 5.60. The fourth-order valence-electron chi connectivity index (χ4n) is 2.74. The Hall–Kier alpha value is -1.95. The molecule has 0 spiro atoms. The number of likely N-dealkylation sites (tertiary alicyclic amines) is 1. The average molecular weight is 333 g/mol. The normalized spacial score (nSPS) is 15.5. The number of hydrogen-bond donors (Lipinski definition) is 1. The van der Waals surface area contributed by atoms with E-state index < -0.39 is 0 Å². The summed E-state index contributed by atoms with van der Waals surface area (Å²) in [6.45, 7) is 6.50. The van der Waals surface area contributed by atoms with Crippen molar-refractivity contribution < 1.29 is 14.3 Å². The number of ether oxygens (including phenoxy) is 1. The van der Waals surface area contributed by atoms with Gasteiger partial charge >= 0.3 is 0 Å². The molecule has 1 aliphatic heterocycles. The van der Waals surface area contributed by atoms with E-state index in [1.54, 1.807) is 23.2 Å². The monoisotopic (exact) mass is 333 g/mol. The molecule has 0 bridgehead atoms. The molecule has 0 aliphatic carbocycles. The first-order valence-electron chi connectivity index (χ1n) is 8.67. The lowest BCUT2D eigenvalue weighted by atomic mass is 9.95. The molecule has 0 unspecified atom stereocenters. The van der Waals surface area contributed by atoms with Crippen molar-refractivity contribution in [2.75, 3.05) is 26.2 Å². The van der Waals surface area contributed by atoms with Gasteiger partial charge in [-0.2, -0.15) is 0 Å². The Kier molecular flexibility index (Phi) is 7.18. The Bertz CT molecular complexity index is 526. The van der Waals surface area contributed by atoms with Crippen LogP contribution >= 0.6 is 0 Å². The summed E-state index contributed by atoms with van der Waals surface area (Å²) in [5.74, 6) is 0.0218. The third-order valence-corrected chi connectivity index (χ3v) is 4.11. The highest BCUT2D eigenvalue weighted by molar-refractivity contribution is 5.92. The van der Waals surface area contributed by atoms with Gasteiger partial charge in [-0.15, -0.1) is 0 Å². The first kappa shape index (κ1) is 18.4. The van der Waals surface area contributed by atoms with E-state index in [1.165, 1.54) is 0 Å². The van der Waals surface area contributed by atoms with Crippen molar-refractivity contribution in [1.82, 2.24) is 15.2 Å². The molecule has 132 valence electrons. The first-order chi connectivity index (χ1) is 11.6. The molecule has 1 saturated heterocycles. The molecule has 0 atom stereocenters. The standard InChI is InChI=1S/C18H27N3O3/c1-14(2)24-13-5-10-20-17(22)15-7-11-21(12-8-15)18(23)16-6-3-4-9-19-16/h3-4,6,9,14-15H,5,7-8,10-13H2,1-2H3,(H,20,22). The molecule has 1 aromatic heterocycles. The number of carbonyl (C=O) groups is 2. The lowest BCUT2D eigenvalue weighted by Crippen LogP contribution is -2.43. The molecule has 1 fully saturated rings. The molecule has 24 heavy (non-hydrogen) atoms. The van der Waals surface area contributed by atoms with Gasteiger partial charge in [0, 0.05) is 38.4 Å². The van der Waals surface area contributed by atoms with E-state index in [0.29, 0.717) is 44.8 Å². The van der Waals surface area contributed by atoms with Crippen molar-refractivity contribution in [1.29, 1.82) is 0 Å². The number of pyridine rings is 1. The van der Waals surface area contributed by atoms with E-state index in [-0.39, 0.29) is 23.8 Å². The van der Waals surface area contributed by atoms with Crippen LogP contribution < -0.4 is 5.32 Å². The van der Waals surface area contributed by atoms with Gasteiger partial charge in [-0.1, -0.05) is 6.07 Å². The summed E-state index contributed by atoms with van der Waals surface area (Å²) in [6.07, 6.45) is 4.07. The largest absolute Gasteiger partial charge is 0.379 e. The molecule has 0 saturated carbocycles. The predicted octanol–water partition coefficient (Wildman–Crippen LogP) is 1.87. The number of rotatable bonds is 7. The van der Waals surface area contributed by atoms with E-state index in [2.05, 4.69) is 10.3 Å². The molecule has 1 N–H and O–H groups in total. The highest BCUT2D eigenvalue weighted by Gasteiger charge is 2.27. The Balaban J connectivity index is 1.68. The molecule has 1 aliphatic rings. The molecule has 1 aromatic rings. The molecule has 6 nitrogen and oxygen atoms in total. The maximum Gasteiger partial charge on any atom is 0.272 e. The van der Waals surface area contributed by atoms with Crippen LogP contribution in [0.15, 0.2) is 24.4 Å². The van der Waals surface area contributed by atoms with Crippen LogP contribution in [0, 0.1) is 5.92 Å². The van der Waals surface area contributed by atoms with Gasteiger partial charge in [-0.25, -0.2) is 0 Å². The zero-order valence-corrected chi connectivity index (χ0v) is 14.5. The number of aromatic nitrogens is 1. The highest BCUT2D eigenvalue weighted by atomic mass is 16.5. The van der Waals surface area contributed by atoms with Gasteiger partial charge in [-0.3, -0.25) is 14.6 Å². The second-order valence-electron chi connectivity index (χ2n) is 6.35. The second kappa shape index (κ2) is 9.37. The SMILES string of the molecule is CC(C)OCCCNC(=O)C1CCN(C(=O)c2ccccn2)CC1. The Morgan fingerprint density at radius 1 is 1.33 bits per heavy atom. The highest BCUT2D eigenvalue weighted by Crippen LogP contribution is 2.18. The van der Waals surface area contributed by atoms with Crippen LogP contribution in [0.5, 0.6) is 0 Å². The maximum atomic E-state index is 12.3. The van der Waals surface area contributed by atoms with Gasteiger partial charge in [0.1, 0.15) is 5.69 Å². The maximum absolute atomic E-state index is 12.3. The molecule has 0 radical (unpaired) electrons. The van der Waals surface area contributed by atoms with Crippen LogP contribution in [0.2, 0.25) is 0 Å². The minimum Gasteiger partial charge on any atom is -0.379 e. The van der Waals surface area contributed by atoms with Gasteiger partial charge in [0.15, 0.2) is 0 Å². The van der Waals surface area contributed by atoms with Crippen LogP contribution in [-0.2, 0) is 9.53 Å². The molecule has 6 heteroatoms. The van der Waals surface area contributed by atoms with Gasteiger partial charge in [0.05, 0.1) is 6.10 Å². The fourth-order valence-corrected chi connectivity index (χ4v) is 2.74. The number of carbonyl (C=O) groups excluding carboxylic acids is 2. The number of nitrogens with zero attached hydrogens (tertiary/aromatic N) is 2. The van der Waals surface area contributed by atoms with E-state index in [1.807, 2.05) is 19.9 Å². The summed E-state index contributed by atoms with van der Waals surface area (Å²) < 4.78 is 5.45. The third-order valence-electron chi connectivity index (χ3n) is 4.11. The minimum atomic E-state index is -0.0553. The van der Waals surface area contributed by atoms with E-state index in [9.17, 15) is 9.59 Å². The summed E-state index contributed by atoms with van der Waals surface area (Å²) in [6, 6.07) is 5.32. The number of nitrogens with one attached hydrogen (secondary N) is 1. The molecule has 2 heterocycles. The summed E-state index contributed by atoms with van der Waals surface area (Å²) >= 11 is 0. The van der Waals surface area contributed by atoms with E-state index in [4.69, 9.17) is 4.74 Å². The lowest BCUT2D eigenvalue weighted by molar-refractivity contribution is -0.126. The van der Waals surface area contributed by atoms with Crippen molar-refractivity contribution in [3.05, 3.63) is 30.1 Å². The van der Waals surface area contributed by atoms with Gasteiger partial charge in [0.2, 0.25) is 5.91 Å². The van der Waals surface area contributed by atoms with Crippen LogP contribution in [-0.4, -0.2) is 54.0 Å². The number of piperidine rings is 1. The van der Waals surface area contributed by atoms with Crippen molar-refractivity contribution in [2.24, 2.45) is 5.92 Å². The van der Waals surface area contributed by atoms with Crippen LogP contribution in [0.25, 0.3) is 0 Å². The molecule has 0 aromatic carbocycles. The van der Waals surface area contributed by atoms with Crippen LogP contribution in [0.3, 0.4) is 0 Å². The van der Waals surface area contributed by atoms with E-state index >= 15 is 0 Å². The summed E-state index contributed by atoms with van der Waals surface area (Å²) in [5.41, 5.74) is 0.463. The predicted molar refractivity (Wildman–Crippen MR) is 91.6 cm³/mol. The zero-order valence-electron chi connectivity index (χ0n) is 14.5. The van der Waals surface area contributed by atoms with Crippen molar-refractivity contribution in [3.63, 3.8) is 0 Å². The van der Waals surface area contributed by atoms with Crippen LogP contribution in [0.4, 0.5) is 0 Å². The van der Waals surface area contributed by atoms with Crippen molar-refractivity contribution in [3.8, 4) is 0 Å². The molecular weight excluding hydrogens is 306 g/mol. The fraction of sp³-hybridized carbons (Fsp3) is 0.611. The second-order valence-corrected chi connectivity index (χ2v) is 6.35. The summed E-state index contributed by atoms with van der Waals surface area (Å²) in [4.78, 5) is 30.4. The summed E-state index contributed by atoms with van der Waals surface area (Å²) in [7, 11) is 0. The molecule has 2 amide bonds. The lowest BCUT2D eigenvalue weighted by Gasteiger charge is -2.31. The smallest absolute Gasteiger partial charge is 0.272 e. The summed E-state index contributed by atoms with van der Waals surface area (Å²) in [5, 5.41) is 2.97. The minimum absolute atomic E-state index is 0.0104. The molecular formula is C18H27N3O3. The topological polar surface area (TPSA) is 71.5 Å². The van der Waals surface area contributed by atoms with Gasteiger partial charge < -0.3 is 15.0 Å². The average Bonchev–Trinajstić information content (AvgIpc) is 2.61. The quantitative estimate of drug-likeness (QED) is 0.773. The number of amides is 2. The Morgan fingerprint density at radius 2 is 2.08 bits per heavy atom. The van der Waals surface area contributed by atoms with Crippen LogP contribution in [0.1, 0.15) is 43.6 Å². The first-order valence-corrected chi connectivity index (χ1v) is 8.67. The van der Waals surface area contributed by atoms with Gasteiger partial charge in [-0.05, 0) is 45.2 Å².